The minimum absolute atomic E-state index is 0.0636. The lowest BCUT2D eigenvalue weighted by molar-refractivity contribution is 0.102. The van der Waals surface area contributed by atoms with Crippen molar-refractivity contribution in [2.24, 2.45) is 0 Å². The molecule has 0 saturated carbocycles. The fourth-order valence-electron chi connectivity index (χ4n) is 3.69. The van der Waals surface area contributed by atoms with Gasteiger partial charge in [-0.15, -0.1) is 5.10 Å². The van der Waals surface area contributed by atoms with Crippen LogP contribution >= 0.6 is 11.8 Å². The molecule has 0 saturated heterocycles. The summed E-state index contributed by atoms with van der Waals surface area (Å²) < 4.78 is 9.10. The molecule has 1 aromatic carbocycles. The normalized spacial score (nSPS) is 12.5. The van der Waals surface area contributed by atoms with E-state index < -0.39 is 0 Å². The Labute approximate surface area is 181 Å². The third-order valence-corrected chi connectivity index (χ3v) is 6.13. The van der Waals surface area contributed by atoms with Crippen molar-refractivity contribution in [2.75, 3.05) is 19.5 Å². The number of methoxy groups -OCH3 is 1. The molecule has 0 unspecified atom stereocenters. The molecule has 2 heterocycles. The Kier molecular flexibility index (Phi) is 7.10. The van der Waals surface area contributed by atoms with Gasteiger partial charge in [-0.1, -0.05) is 37.7 Å². The molecule has 0 fully saturated rings. The summed E-state index contributed by atoms with van der Waals surface area (Å²) in [5.74, 6) is 0.798. The lowest BCUT2D eigenvalue weighted by Gasteiger charge is -2.17. The Morgan fingerprint density at radius 3 is 2.50 bits per heavy atom. The largest absolute Gasteiger partial charge is 0.383 e. The number of rotatable bonds is 9. The van der Waals surface area contributed by atoms with Gasteiger partial charge in [0, 0.05) is 24.1 Å². The molecule has 0 radical (unpaired) electrons. The monoisotopic (exact) mass is 427 g/mol. The van der Waals surface area contributed by atoms with Crippen LogP contribution in [0.1, 0.15) is 60.0 Å². The highest BCUT2D eigenvalue weighted by Gasteiger charge is 2.20. The molecule has 7 nitrogen and oxygen atoms in total. The summed E-state index contributed by atoms with van der Waals surface area (Å²) in [5, 5.41) is 12.6. The zero-order valence-electron chi connectivity index (χ0n) is 18.4. The van der Waals surface area contributed by atoms with Gasteiger partial charge in [-0.3, -0.25) is 4.79 Å². The maximum absolute atomic E-state index is 12.9. The van der Waals surface area contributed by atoms with Crippen LogP contribution in [-0.2, 0) is 4.74 Å². The average Bonchev–Trinajstić information content (AvgIpc) is 3.30. The molecule has 0 aliphatic heterocycles. The smallest absolute Gasteiger partial charge is 0.214 e. The second kappa shape index (κ2) is 9.57. The Hall–Kier alpha value is -2.45. The van der Waals surface area contributed by atoms with E-state index in [-0.39, 0.29) is 17.6 Å². The number of ether oxygens (including phenoxy) is 1. The number of carbonyl (C=O) groups excluding carboxylic acids is 1. The van der Waals surface area contributed by atoms with Crippen LogP contribution in [0.15, 0.2) is 35.5 Å². The Bertz CT molecular complexity index is 1010. The summed E-state index contributed by atoms with van der Waals surface area (Å²) in [7, 11) is 1.69. The van der Waals surface area contributed by atoms with Crippen molar-refractivity contribution in [3.8, 4) is 5.69 Å². The van der Waals surface area contributed by atoms with Crippen LogP contribution in [0.25, 0.3) is 5.69 Å². The van der Waals surface area contributed by atoms with Gasteiger partial charge >= 0.3 is 0 Å². The highest BCUT2D eigenvalue weighted by Crippen LogP contribution is 2.25. The van der Waals surface area contributed by atoms with Crippen LogP contribution in [0.3, 0.4) is 0 Å². The zero-order chi connectivity index (χ0) is 21.8. The number of aromatic nitrogens is 5. The standard InChI is InChI=1S/C22H29N5O2S/c1-14(2)18-7-9-19(10-8-18)27-22(23-24-25-27)30-13-21(28)20-11-15(3)26(17(20)5)16(4)12-29-6/h7-11,14,16H,12-13H2,1-6H3/t16-/m1/s1. The van der Waals surface area contributed by atoms with E-state index in [9.17, 15) is 4.79 Å². The van der Waals surface area contributed by atoms with E-state index in [1.54, 1.807) is 11.8 Å². The molecule has 1 atom stereocenters. The third kappa shape index (κ3) is 4.65. The molecule has 30 heavy (non-hydrogen) atoms. The molecule has 0 bridgehead atoms. The van der Waals surface area contributed by atoms with Gasteiger partial charge in [0.25, 0.3) is 0 Å². The van der Waals surface area contributed by atoms with Crippen LogP contribution in [0, 0.1) is 13.8 Å². The second-order valence-corrected chi connectivity index (χ2v) is 8.73. The second-order valence-electron chi connectivity index (χ2n) is 7.79. The average molecular weight is 428 g/mol. The lowest BCUT2D eigenvalue weighted by Crippen LogP contribution is -2.14. The van der Waals surface area contributed by atoms with E-state index >= 15 is 0 Å². The lowest BCUT2D eigenvalue weighted by atomic mass is 10.0. The van der Waals surface area contributed by atoms with Crippen molar-refractivity contribution < 1.29 is 9.53 Å². The van der Waals surface area contributed by atoms with Crippen LogP contribution in [0.2, 0.25) is 0 Å². The first-order chi connectivity index (χ1) is 14.3. The number of tetrazole rings is 1. The van der Waals surface area contributed by atoms with Crippen LogP contribution in [-0.4, -0.2) is 50.0 Å². The number of hydrogen-bond donors (Lipinski definition) is 0. The van der Waals surface area contributed by atoms with Gasteiger partial charge in [0.05, 0.1) is 24.1 Å². The zero-order valence-corrected chi connectivity index (χ0v) is 19.2. The van der Waals surface area contributed by atoms with Crippen molar-refractivity contribution >= 4 is 17.5 Å². The van der Waals surface area contributed by atoms with Gasteiger partial charge in [-0.05, 0) is 60.9 Å². The van der Waals surface area contributed by atoms with E-state index in [0.717, 1.165) is 22.6 Å². The number of hydrogen-bond acceptors (Lipinski definition) is 6. The first-order valence-electron chi connectivity index (χ1n) is 10.1. The van der Waals surface area contributed by atoms with Crippen molar-refractivity contribution in [1.82, 2.24) is 24.8 Å². The number of aryl methyl sites for hydroxylation is 1. The maximum atomic E-state index is 12.9. The molecule has 0 aliphatic carbocycles. The van der Waals surface area contributed by atoms with Gasteiger partial charge in [-0.2, -0.15) is 4.68 Å². The number of Topliss-reactive ketones (excluding diaryl/α,β-unsaturated/α-hetero) is 1. The Morgan fingerprint density at radius 2 is 1.87 bits per heavy atom. The predicted molar refractivity (Wildman–Crippen MR) is 119 cm³/mol. The molecular formula is C22H29N5O2S. The SMILES string of the molecule is COC[C@@H](C)n1c(C)cc(C(=O)CSc2nnnn2-c2ccc(C(C)C)cc2)c1C. The summed E-state index contributed by atoms with van der Waals surface area (Å²) in [4.78, 5) is 12.9. The Balaban J connectivity index is 1.74. The summed E-state index contributed by atoms with van der Waals surface area (Å²) in [6, 6.07) is 10.3. The molecule has 2 aromatic heterocycles. The third-order valence-electron chi connectivity index (χ3n) is 5.21. The molecule has 0 spiro atoms. The number of benzene rings is 1. The number of ketones is 1. The molecule has 3 rings (SSSR count). The van der Waals surface area contributed by atoms with Crippen molar-refractivity contribution in [3.05, 3.63) is 52.8 Å². The van der Waals surface area contributed by atoms with E-state index in [2.05, 4.69) is 53.0 Å². The van der Waals surface area contributed by atoms with Gasteiger partial charge in [0.15, 0.2) is 5.78 Å². The highest BCUT2D eigenvalue weighted by atomic mass is 32.2. The van der Waals surface area contributed by atoms with Gasteiger partial charge < -0.3 is 9.30 Å². The molecule has 0 amide bonds. The highest BCUT2D eigenvalue weighted by molar-refractivity contribution is 7.99. The predicted octanol–water partition coefficient (Wildman–Crippen LogP) is 4.39. The first kappa shape index (κ1) is 22.2. The summed E-state index contributed by atoms with van der Waals surface area (Å²) in [5.41, 5.74) is 4.90. The topological polar surface area (TPSA) is 74.8 Å². The Morgan fingerprint density at radius 1 is 1.17 bits per heavy atom. The van der Waals surface area contributed by atoms with Gasteiger partial charge in [0.2, 0.25) is 5.16 Å². The molecule has 0 aliphatic rings. The minimum Gasteiger partial charge on any atom is -0.383 e. The van der Waals surface area contributed by atoms with E-state index in [1.165, 1.54) is 17.3 Å². The van der Waals surface area contributed by atoms with Gasteiger partial charge in [0.1, 0.15) is 0 Å². The first-order valence-corrected chi connectivity index (χ1v) is 11.0. The molecule has 0 N–H and O–H groups in total. The number of carbonyl (C=O) groups is 1. The molecule has 160 valence electrons. The fourth-order valence-corrected chi connectivity index (χ4v) is 4.47. The fraction of sp³-hybridized carbons (Fsp3) is 0.455. The van der Waals surface area contributed by atoms with Crippen LogP contribution < -0.4 is 0 Å². The molecule has 3 aromatic rings. The molecule has 8 heteroatoms. The maximum Gasteiger partial charge on any atom is 0.214 e. The summed E-state index contributed by atoms with van der Waals surface area (Å²) >= 11 is 1.35. The van der Waals surface area contributed by atoms with E-state index in [4.69, 9.17) is 4.74 Å². The molecular weight excluding hydrogens is 398 g/mol. The van der Waals surface area contributed by atoms with Gasteiger partial charge in [-0.25, -0.2) is 0 Å². The van der Waals surface area contributed by atoms with E-state index in [1.807, 2.05) is 32.0 Å². The van der Waals surface area contributed by atoms with Crippen LogP contribution in [0.4, 0.5) is 0 Å². The number of thioether (sulfide) groups is 1. The van der Waals surface area contributed by atoms with Crippen LogP contribution in [0.5, 0.6) is 0 Å². The summed E-state index contributed by atoms with van der Waals surface area (Å²) in [6.45, 7) is 11.0. The van der Waals surface area contributed by atoms with E-state index in [0.29, 0.717) is 17.7 Å². The summed E-state index contributed by atoms with van der Waals surface area (Å²) in [6.07, 6.45) is 0. The quantitative estimate of drug-likeness (QED) is 0.372. The number of nitrogens with zero attached hydrogens (tertiary/aromatic N) is 5. The van der Waals surface area contributed by atoms with Crippen molar-refractivity contribution in [2.45, 2.75) is 51.7 Å². The minimum atomic E-state index is 0.0636. The van der Waals surface area contributed by atoms with Crippen molar-refractivity contribution in [3.63, 3.8) is 0 Å². The van der Waals surface area contributed by atoms with Crippen molar-refractivity contribution in [1.29, 1.82) is 0 Å².